The summed E-state index contributed by atoms with van der Waals surface area (Å²) in [5.41, 5.74) is 0.801. The number of hydrogen-bond donors (Lipinski definition) is 1. The van der Waals surface area contributed by atoms with Crippen LogP contribution >= 0.6 is 11.6 Å². The fourth-order valence-electron chi connectivity index (χ4n) is 0.702. The van der Waals surface area contributed by atoms with E-state index < -0.39 is 0 Å². The highest BCUT2D eigenvalue weighted by atomic mass is 35.5. The van der Waals surface area contributed by atoms with E-state index in [0.717, 1.165) is 37.3 Å². The number of oxime groups is 1. The van der Waals surface area contributed by atoms with E-state index >= 15 is 0 Å². The number of halogens is 1. The maximum atomic E-state index is 8.25. The van der Waals surface area contributed by atoms with E-state index in [1.807, 2.05) is 6.92 Å². The van der Waals surface area contributed by atoms with Crippen molar-refractivity contribution in [3.63, 3.8) is 0 Å². The summed E-state index contributed by atoms with van der Waals surface area (Å²) in [6.45, 7) is 1.82. The maximum Gasteiger partial charge on any atom is 0.0540 e. The molecule has 0 aliphatic heterocycles. The van der Waals surface area contributed by atoms with Gasteiger partial charge >= 0.3 is 0 Å². The third kappa shape index (κ3) is 5.89. The summed E-state index contributed by atoms with van der Waals surface area (Å²) in [4.78, 5) is 0. The molecule has 10 heavy (non-hydrogen) atoms. The summed E-state index contributed by atoms with van der Waals surface area (Å²) in [5, 5.41) is 11.3. The predicted octanol–water partition coefficient (Wildman–Crippen LogP) is 2.64. The molecule has 0 aromatic carbocycles. The molecule has 0 amide bonds. The summed E-state index contributed by atoms with van der Waals surface area (Å²) >= 11 is 5.47. The van der Waals surface area contributed by atoms with Crippen molar-refractivity contribution in [1.82, 2.24) is 0 Å². The van der Waals surface area contributed by atoms with Gasteiger partial charge in [0.05, 0.1) is 5.71 Å². The van der Waals surface area contributed by atoms with Gasteiger partial charge in [-0.1, -0.05) is 11.6 Å². The van der Waals surface area contributed by atoms with E-state index in [1.165, 1.54) is 0 Å². The summed E-state index contributed by atoms with van der Waals surface area (Å²) in [5.74, 6) is 0.731. The number of nitrogens with zero attached hydrogens (tertiary/aromatic N) is 1. The zero-order valence-electron chi connectivity index (χ0n) is 6.31. The van der Waals surface area contributed by atoms with Gasteiger partial charge in [-0.15, -0.1) is 11.6 Å². The van der Waals surface area contributed by atoms with Crippen LogP contribution in [0.3, 0.4) is 0 Å². The first-order valence-electron chi connectivity index (χ1n) is 3.54. The molecule has 0 fully saturated rings. The van der Waals surface area contributed by atoms with E-state index in [9.17, 15) is 0 Å². The van der Waals surface area contributed by atoms with Crippen LogP contribution in [0.25, 0.3) is 0 Å². The molecule has 1 N–H and O–H groups in total. The van der Waals surface area contributed by atoms with E-state index in [4.69, 9.17) is 16.8 Å². The molecular weight excluding hydrogens is 150 g/mol. The van der Waals surface area contributed by atoms with Crippen LogP contribution in [0.1, 0.15) is 32.6 Å². The molecule has 3 heteroatoms. The molecule has 0 saturated heterocycles. The van der Waals surface area contributed by atoms with Crippen LogP contribution in [0.15, 0.2) is 5.16 Å². The van der Waals surface area contributed by atoms with Crippen LogP contribution in [-0.2, 0) is 0 Å². The van der Waals surface area contributed by atoms with Crippen molar-refractivity contribution in [2.24, 2.45) is 5.16 Å². The first-order chi connectivity index (χ1) is 4.81. The van der Waals surface area contributed by atoms with Gasteiger partial charge in [0, 0.05) is 5.88 Å². The van der Waals surface area contributed by atoms with Gasteiger partial charge in [0.15, 0.2) is 0 Å². The third-order valence-corrected chi connectivity index (χ3v) is 1.61. The molecule has 0 atom stereocenters. The lowest BCUT2D eigenvalue weighted by molar-refractivity contribution is 0.317. The Labute approximate surface area is 66.9 Å². The lowest BCUT2D eigenvalue weighted by Crippen LogP contribution is -1.90. The number of alkyl halides is 1. The molecule has 60 valence electrons. The van der Waals surface area contributed by atoms with E-state index in [-0.39, 0.29) is 0 Å². The van der Waals surface area contributed by atoms with Crippen LogP contribution in [0.2, 0.25) is 0 Å². The van der Waals surface area contributed by atoms with E-state index in [0.29, 0.717) is 0 Å². The average Bonchev–Trinajstić information content (AvgIpc) is 1.98. The Kier molecular flexibility index (Phi) is 6.71. The summed E-state index contributed by atoms with van der Waals surface area (Å²) in [7, 11) is 0. The highest BCUT2D eigenvalue weighted by Gasteiger charge is 1.91. The molecule has 0 aromatic rings. The van der Waals surface area contributed by atoms with E-state index in [2.05, 4.69) is 5.16 Å². The average molecular weight is 164 g/mol. The minimum atomic E-state index is 0.731. The molecule has 0 rings (SSSR count). The standard InChI is InChI=1S/C7H14ClNO/c1-7(9-10)5-3-2-4-6-8/h10H,2-6H2,1H3. The molecule has 0 aliphatic rings. The molecule has 0 saturated carbocycles. The summed E-state index contributed by atoms with van der Waals surface area (Å²) < 4.78 is 0. The number of rotatable bonds is 5. The van der Waals surface area contributed by atoms with Gasteiger partial charge in [-0.2, -0.15) is 0 Å². The van der Waals surface area contributed by atoms with Gasteiger partial charge in [0.25, 0.3) is 0 Å². The van der Waals surface area contributed by atoms with Crippen LogP contribution in [-0.4, -0.2) is 16.8 Å². The zero-order valence-corrected chi connectivity index (χ0v) is 7.06. The second kappa shape index (κ2) is 6.87. The molecule has 0 spiro atoms. The van der Waals surface area contributed by atoms with Gasteiger partial charge in [0.2, 0.25) is 0 Å². The monoisotopic (exact) mass is 163 g/mol. The predicted molar refractivity (Wildman–Crippen MR) is 44.1 cm³/mol. The van der Waals surface area contributed by atoms with Gasteiger partial charge in [-0.3, -0.25) is 0 Å². The second-order valence-corrected chi connectivity index (χ2v) is 2.71. The van der Waals surface area contributed by atoms with Crippen molar-refractivity contribution in [3.05, 3.63) is 0 Å². The number of unbranched alkanes of at least 4 members (excludes halogenated alkanes) is 2. The number of hydrogen-bond acceptors (Lipinski definition) is 2. The van der Waals surface area contributed by atoms with Gasteiger partial charge in [0.1, 0.15) is 0 Å². The van der Waals surface area contributed by atoms with Gasteiger partial charge in [-0.25, -0.2) is 0 Å². The minimum absolute atomic E-state index is 0.731. The van der Waals surface area contributed by atoms with Crippen molar-refractivity contribution in [1.29, 1.82) is 0 Å². The largest absolute Gasteiger partial charge is 0.411 e. The molecule has 0 radical (unpaired) electrons. The normalized spacial score (nSPS) is 12.0. The van der Waals surface area contributed by atoms with Gasteiger partial charge < -0.3 is 5.21 Å². The quantitative estimate of drug-likeness (QED) is 0.218. The maximum absolute atomic E-state index is 8.25. The minimum Gasteiger partial charge on any atom is -0.411 e. The first-order valence-corrected chi connectivity index (χ1v) is 4.08. The molecule has 0 heterocycles. The molecule has 0 unspecified atom stereocenters. The Bertz CT molecular complexity index is 104. The summed E-state index contributed by atoms with van der Waals surface area (Å²) in [6, 6.07) is 0. The smallest absolute Gasteiger partial charge is 0.0540 e. The SMILES string of the molecule is CC(CCCCCCl)=NO. The van der Waals surface area contributed by atoms with Gasteiger partial charge in [-0.05, 0) is 26.2 Å². The third-order valence-electron chi connectivity index (χ3n) is 1.34. The first kappa shape index (κ1) is 9.76. The second-order valence-electron chi connectivity index (χ2n) is 2.33. The molecule has 0 aliphatic carbocycles. The zero-order chi connectivity index (χ0) is 7.82. The topological polar surface area (TPSA) is 32.6 Å². The lowest BCUT2D eigenvalue weighted by Gasteiger charge is -1.95. The molecule has 0 bridgehead atoms. The Morgan fingerprint density at radius 1 is 1.40 bits per heavy atom. The fourth-order valence-corrected chi connectivity index (χ4v) is 0.891. The highest BCUT2D eigenvalue weighted by molar-refractivity contribution is 6.17. The van der Waals surface area contributed by atoms with Crippen molar-refractivity contribution in [3.8, 4) is 0 Å². The Morgan fingerprint density at radius 3 is 2.60 bits per heavy atom. The summed E-state index contributed by atoms with van der Waals surface area (Å²) in [6.07, 6.45) is 4.13. The molecule has 0 aromatic heterocycles. The van der Waals surface area contributed by atoms with Crippen molar-refractivity contribution in [2.75, 3.05) is 5.88 Å². The van der Waals surface area contributed by atoms with Crippen LogP contribution in [0.5, 0.6) is 0 Å². The van der Waals surface area contributed by atoms with Crippen LogP contribution in [0.4, 0.5) is 0 Å². The fraction of sp³-hybridized carbons (Fsp3) is 0.857. The molecular formula is C7H14ClNO. The van der Waals surface area contributed by atoms with Crippen LogP contribution < -0.4 is 0 Å². The van der Waals surface area contributed by atoms with Crippen molar-refractivity contribution < 1.29 is 5.21 Å². The van der Waals surface area contributed by atoms with Crippen molar-refractivity contribution >= 4 is 17.3 Å². The lowest BCUT2D eigenvalue weighted by atomic mass is 10.1. The van der Waals surface area contributed by atoms with Crippen molar-refractivity contribution in [2.45, 2.75) is 32.6 Å². The Morgan fingerprint density at radius 2 is 2.10 bits per heavy atom. The van der Waals surface area contributed by atoms with E-state index in [1.54, 1.807) is 0 Å². The molecule has 2 nitrogen and oxygen atoms in total. The highest BCUT2D eigenvalue weighted by Crippen LogP contribution is 2.01. The Hall–Kier alpha value is -0.240. The van der Waals surface area contributed by atoms with Crippen LogP contribution in [0, 0.1) is 0 Å². The Balaban J connectivity index is 3.04.